The summed E-state index contributed by atoms with van der Waals surface area (Å²) >= 11 is 0. The number of hydrogen-bond donors (Lipinski definition) is 10. The maximum atomic E-state index is 14.7. The van der Waals surface area contributed by atoms with Gasteiger partial charge >= 0.3 is 12.1 Å². The first kappa shape index (κ1) is 114. The van der Waals surface area contributed by atoms with Gasteiger partial charge in [-0.05, 0) is 144 Å². The number of aliphatic hydroxyl groups excluding tert-OH is 3. The number of rotatable bonds is 63. The van der Waals surface area contributed by atoms with Gasteiger partial charge in [-0.25, -0.2) is 9.69 Å². The summed E-state index contributed by atoms with van der Waals surface area (Å²) in [6.45, 7) is 20.0. The topological polar surface area (TPSA) is 510 Å². The van der Waals surface area contributed by atoms with E-state index in [1.54, 1.807) is 119 Å². The fraction of sp³-hybridized carbons (Fsp3) is 0.580. The van der Waals surface area contributed by atoms with Gasteiger partial charge in [-0.15, -0.1) is 0 Å². The van der Waals surface area contributed by atoms with Crippen molar-refractivity contribution in [3.05, 3.63) is 136 Å². The number of carbonyl (C=O) groups is 12. The summed E-state index contributed by atoms with van der Waals surface area (Å²) in [5.74, 6) is -6.02. The van der Waals surface area contributed by atoms with Gasteiger partial charge in [0.25, 0.3) is 17.7 Å². The Bertz CT molecular complexity index is 4870. The maximum Gasteiger partial charge on any atom is 0.416 e. The summed E-state index contributed by atoms with van der Waals surface area (Å²) < 4.78 is 90.8. The molecule has 0 fully saturated rings. The van der Waals surface area contributed by atoms with Gasteiger partial charge < -0.3 is 138 Å². The number of aliphatic hydroxyl groups is 3. The van der Waals surface area contributed by atoms with Crippen LogP contribution in [0, 0.1) is 11.8 Å². The highest BCUT2D eigenvalue weighted by molar-refractivity contribution is 6.13. The van der Waals surface area contributed by atoms with Crippen molar-refractivity contribution in [3.8, 4) is 23.0 Å². The molecule has 42 heteroatoms. The molecule has 4 aromatic rings. The van der Waals surface area contributed by atoms with E-state index < -0.39 is 120 Å². The van der Waals surface area contributed by atoms with E-state index in [4.69, 9.17) is 75.8 Å². The number of nitrogens with one attached hydrogen (secondary N) is 7. The number of methoxy groups -OCH3 is 3. The van der Waals surface area contributed by atoms with Gasteiger partial charge in [0.2, 0.25) is 41.4 Å². The largest absolute Gasteiger partial charge is 0.493 e. The van der Waals surface area contributed by atoms with Gasteiger partial charge in [-0.1, -0.05) is 63.1 Å². The van der Waals surface area contributed by atoms with Crippen molar-refractivity contribution in [3.63, 3.8) is 0 Å². The molecule has 5 aliphatic heterocycles. The van der Waals surface area contributed by atoms with E-state index in [2.05, 4.69) is 37.2 Å². The third-order valence-corrected chi connectivity index (χ3v) is 23.7. The smallest absolute Gasteiger partial charge is 0.416 e. The predicted molar refractivity (Wildman–Crippen MR) is 515 cm³/mol. The van der Waals surface area contributed by atoms with Crippen molar-refractivity contribution >= 4 is 88.2 Å². The standard InChI is InChI=1S/C100H141N11O31/c1-63(2)90(106-86(114)28-34-130-38-37-127-9)94(120)102-67(7)92(118)104-71-19-15-69(16-20-71)61-141-99(125)73-23-24-80(112)78-53-65(5)59-109(78)96(122)75-56-81(128-10)83(55-74(73)75)139-32-13-12-14-33-140-84-58-77-76(57-82(84)129-11)97(123)110-60-66(6)54-79(110)98(124)111(77)100(126)142-62-70-17-21-72(22-18-70)105-93(119)68(8)103-95(121)91(64(3)4)107-87(115)29-35-131-39-41-133-43-45-135-47-49-137-51-52-138-50-48-136-46-44-134-42-40-132-36-30-101-85(113)27-31-108-88(116)25-26-89(108)117/h15-22,25-26,55-60,63-64,67-68,73,78-80,90-91,97-98,112,123-124H,12-14,23-24,27-54,61-62H2,1-11H3,(H,101,113)(H,102,120)(H,103,121)(H,104,118)(H,105,119)(H,106,114)(H,107,115). The summed E-state index contributed by atoms with van der Waals surface area (Å²) in [7, 11) is 4.42. The Morgan fingerprint density at radius 2 is 0.894 bits per heavy atom. The number of amides is 11. The quantitative estimate of drug-likeness (QED) is 0.0136. The van der Waals surface area contributed by atoms with E-state index in [0.29, 0.717) is 153 Å². The summed E-state index contributed by atoms with van der Waals surface area (Å²) in [5.41, 5.74) is 4.36. The van der Waals surface area contributed by atoms with Crippen LogP contribution < -0.4 is 61.1 Å². The molecular weight excluding hydrogens is 1850 g/mol. The Balaban J connectivity index is 0.665. The average Bonchev–Trinajstić information content (AvgIpc) is 1.60. The number of benzene rings is 4. The van der Waals surface area contributed by atoms with Crippen molar-refractivity contribution in [2.75, 3.05) is 189 Å². The summed E-state index contributed by atoms with van der Waals surface area (Å²) in [5, 5.41) is 54.9. The molecule has 0 saturated carbocycles. The van der Waals surface area contributed by atoms with Crippen molar-refractivity contribution in [1.82, 2.24) is 41.3 Å². The lowest BCUT2D eigenvalue weighted by Crippen LogP contribution is -2.53. The number of esters is 1. The van der Waals surface area contributed by atoms with Crippen molar-refractivity contribution in [1.29, 1.82) is 0 Å². The minimum Gasteiger partial charge on any atom is -0.493 e. The van der Waals surface area contributed by atoms with E-state index >= 15 is 0 Å². The molecule has 10 atom stereocenters. The molecule has 10 N–H and O–H groups in total. The van der Waals surface area contributed by atoms with Crippen LogP contribution in [0.1, 0.15) is 164 Å². The molecule has 9 rings (SSSR count). The van der Waals surface area contributed by atoms with Crippen LogP contribution >= 0.6 is 0 Å². The fourth-order valence-electron chi connectivity index (χ4n) is 15.8. The monoisotopic (exact) mass is 1990 g/mol. The highest BCUT2D eigenvalue weighted by atomic mass is 16.6. The zero-order valence-electron chi connectivity index (χ0n) is 83.0. The van der Waals surface area contributed by atoms with Gasteiger partial charge in [0.1, 0.15) is 37.4 Å². The molecule has 0 bridgehead atoms. The number of anilines is 3. The number of hydrogen-bond acceptors (Lipinski definition) is 32. The maximum absolute atomic E-state index is 14.7. The highest BCUT2D eigenvalue weighted by Gasteiger charge is 2.46. The summed E-state index contributed by atoms with van der Waals surface area (Å²) in [4.78, 5) is 163. The zero-order chi connectivity index (χ0) is 103. The number of unbranched alkanes of at least 4 members (excludes halogenated alkanes) is 2. The first-order valence-corrected chi connectivity index (χ1v) is 48.2. The number of nitrogens with zero attached hydrogens (tertiary/aromatic N) is 4. The van der Waals surface area contributed by atoms with Crippen LogP contribution in [0.2, 0.25) is 0 Å². The van der Waals surface area contributed by atoms with Gasteiger partial charge in [0.15, 0.2) is 35.5 Å². The van der Waals surface area contributed by atoms with Crippen LogP contribution in [0.15, 0.2) is 108 Å². The molecule has 4 aromatic carbocycles. The van der Waals surface area contributed by atoms with Crippen LogP contribution in [0.4, 0.5) is 21.9 Å². The van der Waals surface area contributed by atoms with E-state index in [0.717, 1.165) is 20.9 Å². The first-order valence-electron chi connectivity index (χ1n) is 48.2. The molecular formula is C100H141N11O31. The molecule has 0 aliphatic carbocycles. The van der Waals surface area contributed by atoms with Crippen molar-refractivity contribution < 1.29 is 149 Å². The molecule has 0 saturated heterocycles. The molecule has 42 nitrogen and oxygen atoms in total. The Labute approximate surface area is 827 Å². The first-order chi connectivity index (χ1) is 68.4. The third-order valence-electron chi connectivity index (χ3n) is 23.7. The summed E-state index contributed by atoms with van der Waals surface area (Å²) in [6, 6.07) is 13.9. The zero-order valence-corrected chi connectivity index (χ0v) is 83.0. The lowest BCUT2D eigenvalue weighted by Gasteiger charge is -2.33. The van der Waals surface area contributed by atoms with Crippen LogP contribution in [0.3, 0.4) is 0 Å². The number of fused-ring (bicyclic) bond motifs is 4. The highest BCUT2D eigenvalue weighted by Crippen LogP contribution is 2.47. The second kappa shape index (κ2) is 60.0. The van der Waals surface area contributed by atoms with Crippen molar-refractivity contribution in [2.45, 2.75) is 194 Å². The second-order valence-corrected chi connectivity index (χ2v) is 35.3. The van der Waals surface area contributed by atoms with Crippen LogP contribution in [-0.4, -0.2) is 323 Å². The Morgan fingerprint density at radius 3 is 1.38 bits per heavy atom. The van der Waals surface area contributed by atoms with E-state index in [-0.39, 0.29) is 168 Å². The van der Waals surface area contributed by atoms with E-state index in [1.165, 1.54) is 51.2 Å². The molecule has 0 radical (unpaired) electrons. The number of imide groups is 1. The Hall–Kier alpha value is -11.8. The summed E-state index contributed by atoms with van der Waals surface area (Å²) in [6.07, 6.45) is 3.51. The van der Waals surface area contributed by atoms with Crippen LogP contribution in [0.5, 0.6) is 23.0 Å². The minimum atomic E-state index is -1.54. The number of ether oxygens (including phenoxy) is 16. The van der Waals surface area contributed by atoms with Gasteiger partial charge in [-0.2, -0.15) is 0 Å². The van der Waals surface area contributed by atoms with Gasteiger partial charge in [-0.3, -0.25) is 57.6 Å². The molecule has 0 spiro atoms. The SMILES string of the molecule is COCCOCCC(=O)NC(C(=O)NC(C)C(=O)Nc1ccc(COC(=O)C2CCC(O)C3CC(C)=CN3C(=O)c3cc(OC)c(OCCCCCOc4cc5c(cc4OC)C(O)N4C=C(C)CC4C(O)N5C(=O)OCc4ccc(NC(=O)C(C)NC(=O)C(NC(=O)CCOCCOCCOCCOCCOCCOCCOCCOCCNC(=O)CCN5C(=O)C=CC5=O)C(C)C)cc4)cc32)cc1)C(C)C. The predicted octanol–water partition coefficient (Wildman–Crippen LogP) is 6.05. The van der Waals surface area contributed by atoms with Gasteiger partial charge in [0.05, 0.1) is 183 Å². The van der Waals surface area contributed by atoms with E-state index in [9.17, 15) is 72.9 Å². The third kappa shape index (κ3) is 36.0. The normalized spacial score (nSPS) is 17.9. The molecule has 5 aliphatic rings. The van der Waals surface area contributed by atoms with Gasteiger partial charge in [0, 0.05) is 92.6 Å². The molecule has 0 aromatic heterocycles. The Morgan fingerprint density at radius 1 is 0.451 bits per heavy atom. The molecule has 782 valence electrons. The lowest BCUT2D eigenvalue weighted by atomic mass is 9.88. The molecule has 10 unspecified atom stereocenters. The Kier molecular flexibility index (Phi) is 48.1. The van der Waals surface area contributed by atoms with Crippen molar-refractivity contribution in [2.24, 2.45) is 11.8 Å². The lowest BCUT2D eigenvalue weighted by molar-refractivity contribution is -0.147. The van der Waals surface area contributed by atoms with Crippen LogP contribution in [0.25, 0.3) is 0 Å². The van der Waals surface area contributed by atoms with E-state index in [1.807, 2.05) is 13.8 Å². The minimum absolute atomic E-state index is 0.0165. The number of carbonyl (C=O) groups excluding carboxylic acids is 12. The fourth-order valence-corrected chi connectivity index (χ4v) is 15.8. The molecule has 5 heterocycles. The molecule has 11 amide bonds. The average molecular weight is 1990 g/mol. The molecule has 142 heavy (non-hydrogen) atoms. The second-order valence-electron chi connectivity index (χ2n) is 35.3. The van der Waals surface area contributed by atoms with Crippen LogP contribution in [-0.2, 0) is 118 Å².